The number of aromatic nitrogens is 2. The average Bonchev–Trinajstić information content (AvgIpc) is 3.47. The van der Waals surface area contributed by atoms with Gasteiger partial charge in [-0.1, -0.05) is 24.2 Å². The number of hydrogen-bond donors (Lipinski definition) is 2. The number of rotatable bonds is 7. The molecular weight excluding hydrogens is 372 g/mol. The summed E-state index contributed by atoms with van der Waals surface area (Å²) in [5.41, 5.74) is 1.27. The van der Waals surface area contributed by atoms with Crippen molar-refractivity contribution in [2.45, 2.75) is 57.9 Å². The number of carbonyl (C=O) groups is 1. The largest absolute Gasteiger partial charge is 0.381 e. The Bertz CT molecular complexity index is 816. The van der Waals surface area contributed by atoms with Crippen LogP contribution in [-0.2, 0) is 22.5 Å². The molecule has 2 N–H and O–H groups in total. The van der Waals surface area contributed by atoms with Crippen molar-refractivity contribution in [2.75, 3.05) is 26.3 Å². The van der Waals surface area contributed by atoms with Gasteiger partial charge in [-0.05, 0) is 31.7 Å². The molecule has 0 aromatic carbocycles. The monoisotopic (exact) mass is 402 g/mol. The maximum Gasteiger partial charge on any atom is 0.228 e. The molecule has 158 valence electrons. The Balaban J connectivity index is 1.43. The second kappa shape index (κ2) is 8.67. The van der Waals surface area contributed by atoms with Gasteiger partial charge in [0.05, 0.1) is 30.0 Å². The minimum Gasteiger partial charge on any atom is -0.381 e. The van der Waals surface area contributed by atoms with Crippen LogP contribution in [0.2, 0.25) is 0 Å². The van der Waals surface area contributed by atoms with Crippen LogP contribution in [0.4, 0.5) is 0 Å². The van der Waals surface area contributed by atoms with Crippen LogP contribution in [0.25, 0.3) is 0 Å². The van der Waals surface area contributed by atoms with E-state index in [1.165, 1.54) is 0 Å². The van der Waals surface area contributed by atoms with Crippen LogP contribution in [0, 0.1) is 5.41 Å². The van der Waals surface area contributed by atoms with E-state index in [0.29, 0.717) is 43.7 Å². The number of nitrogens with one attached hydrogen (secondary N) is 2. The van der Waals surface area contributed by atoms with Gasteiger partial charge in [0.1, 0.15) is 5.76 Å². The highest BCUT2D eigenvalue weighted by Crippen LogP contribution is 2.33. The maximum atomic E-state index is 13.2. The van der Waals surface area contributed by atoms with Gasteiger partial charge in [0.2, 0.25) is 5.91 Å². The zero-order valence-corrected chi connectivity index (χ0v) is 17.2. The molecule has 8 heteroatoms. The Labute approximate surface area is 170 Å². The summed E-state index contributed by atoms with van der Waals surface area (Å²) in [6, 6.07) is 3.90. The molecule has 2 unspecified atom stereocenters. The van der Waals surface area contributed by atoms with Crippen molar-refractivity contribution in [3.05, 3.63) is 35.0 Å². The number of piperidine rings is 1. The first-order valence-electron chi connectivity index (χ1n) is 10.5. The number of nitrogens with zero attached hydrogens (tertiary/aromatic N) is 2. The third-order valence-electron chi connectivity index (χ3n) is 5.98. The van der Waals surface area contributed by atoms with E-state index in [2.05, 4.69) is 34.8 Å². The molecular formula is C21H30N4O4. The molecule has 2 fully saturated rings. The van der Waals surface area contributed by atoms with E-state index >= 15 is 0 Å². The first kappa shape index (κ1) is 20.1. The van der Waals surface area contributed by atoms with Crippen LogP contribution in [0.15, 0.2) is 21.2 Å². The first-order valence-corrected chi connectivity index (χ1v) is 10.5. The van der Waals surface area contributed by atoms with Crippen LogP contribution in [-0.4, -0.2) is 42.5 Å². The lowest BCUT2D eigenvalue weighted by Crippen LogP contribution is -2.51. The SMILES string of the molecule is CC(C)c1cc(CNC(=O)C2(Cc3cc(C4CCOC4)no3)CCCNC2)on1. The molecule has 2 aromatic heterocycles. The molecule has 1 amide bonds. The Morgan fingerprint density at radius 2 is 2.17 bits per heavy atom. The molecule has 4 rings (SSSR count). The summed E-state index contributed by atoms with van der Waals surface area (Å²) < 4.78 is 16.4. The summed E-state index contributed by atoms with van der Waals surface area (Å²) in [4.78, 5) is 13.2. The van der Waals surface area contributed by atoms with Gasteiger partial charge in [-0.2, -0.15) is 0 Å². The summed E-state index contributed by atoms with van der Waals surface area (Å²) in [5, 5.41) is 14.7. The fraction of sp³-hybridized carbons (Fsp3) is 0.667. The number of carbonyl (C=O) groups excluding carboxylic acids is 1. The van der Waals surface area contributed by atoms with E-state index in [1.54, 1.807) is 0 Å². The number of amides is 1. The molecule has 2 aromatic rings. The Morgan fingerprint density at radius 3 is 2.86 bits per heavy atom. The van der Waals surface area contributed by atoms with Gasteiger partial charge in [0, 0.05) is 37.6 Å². The van der Waals surface area contributed by atoms with Crippen molar-refractivity contribution in [1.29, 1.82) is 0 Å². The summed E-state index contributed by atoms with van der Waals surface area (Å²) in [7, 11) is 0. The van der Waals surface area contributed by atoms with Gasteiger partial charge < -0.3 is 24.4 Å². The Kier molecular flexibility index (Phi) is 6.01. The van der Waals surface area contributed by atoms with Crippen LogP contribution in [0.5, 0.6) is 0 Å². The van der Waals surface area contributed by atoms with E-state index in [9.17, 15) is 4.79 Å². The molecule has 8 nitrogen and oxygen atoms in total. The fourth-order valence-electron chi connectivity index (χ4n) is 4.14. The van der Waals surface area contributed by atoms with Gasteiger partial charge in [-0.15, -0.1) is 0 Å². The second-order valence-electron chi connectivity index (χ2n) is 8.57. The van der Waals surface area contributed by atoms with Crippen molar-refractivity contribution in [2.24, 2.45) is 5.41 Å². The van der Waals surface area contributed by atoms with Crippen molar-refractivity contribution < 1.29 is 18.6 Å². The lowest BCUT2D eigenvalue weighted by Gasteiger charge is -2.35. The normalized spacial score (nSPS) is 24.9. The molecule has 0 aliphatic carbocycles. The third kappa shape index (κ3) is 4.53. The highest BCUT2D eigenvalue weighted by Gasteiger charge is 2.41. The van der Waals surface area contributed by atoms with E-state index in [0.717, 1.165) is 49.6 Å². The molecule has 2 aliphatic rings. The van der Waals surface area contributed by atoms with Crippen molar-refractivity contribution >= 4 is 5.91 Å². The van der Waals surface area contributed by atoms with Crippen LogP contribution < -0.4 is 10.6 Å². The lowest BCUT2D eigenvalue weighted by atomic mass is 9.76. The molecule has 4 heterocycles. The summed E-state index contributed by atoms with van der Waals surface area (Å²) in [6.45, 7) is 7.46. The van der Waals surface area contributed by atoms with Crippen molar-refractivity contribution in [1.82, 2.24) is 20.9 Å². The minimum atomic E-state index is -0.553. The van der Waals surface area contributed by atoms with Crippen LogP contribution in [0.3, 0.4) is 0 Å². The Morgan fingerprint density at radius 1 is 1.31 bits per heavy atom. The standard InChI is InChI=1S/C21H30N4O4/c1-14(2)18-9-17(29-24-18)11-23-20(26)21(5-3-6-22-13-21)10-16-8-19(25-28-16)15-4-7-27-12-15/h8-9,14-15,22H,3-7,10-13H2,1-2H3,(H,23,26). The highest BCUT2D eigenvalue weighted by atomic mass is 16.5. The molecule has 0 saturated carbocycles. The highest BCUT2D eigenvalue weighted by molar-refractivity contribution is 5.83. The summed E-state index contributed by atoms with van der Waals surface area (Å²) in [5.74, 6) is 2.03. The topological polar surface area (TPSA) is 102 Å². The Hall–Kier alpha value is -2.19. The molecule has 29 heavy (non-hydrogen) atoms. The molecule has 0 bridgehead atoms. The molecule has 2 saturated heterocycles. The quantitative estimate of drug-likeness (QED) is 0.733. The predicted octanol–water partition coefficient (Wildman–Crippen LogP) is 2.52. The van der Waals surface area contributed by atoms with E-state index in [1.807, 2.05) is 12.1 Å². The number of ether oxygens (including phenoxy) is 1. The zero-order valence-electron chi connectivity index (χ0n) is 17.2. The van der Waals surface area contributed by atoms with Gasteiger partial charge in [-0.3, -0.25) is 4.79 Å². The van der Waals surface area contributed by atoms with Crippen molar-refractivity contribution in [3.63, 3.8) is 0 Å². The fourth-order valence-corrected chi connectivity index (χ4v) is 4.14. The van der Waals surface area contributed by atoms with E-state index in [4.69, 9.17) is 13.8 Å². The molecule has 2 aliphatic heterocycles. The lowest BCUT2D eigenvalue weighted by molar-refractivity contribution is -0.132. The maximum absolute atomic E-state index is 13.2. The molecule has 0 spiro atoms. The molecule has 0 radical (unpaired) electrons. The van der Waals surface area contributed by atoms with Crippen molar-refractivity contribution in [3.8, 4) is 0 Å². The summed E-state index contributed by atoms with van der Waals surface area (Å²) >= 11 is 0. The second-order valence-corrected chi connectivity index (χ2v) is 8.57. The van der Waals surface area contributed by atoms with Gasteiger partial charge in [-0.25, -0.2) is 0 Å². The van der Waals surface area contributed by atoms with Crippen LogP contribution in [0.1, 0.15) is 67.9 Å². The van der Waals surface area contributed by atoms with Crippen LogP contribution >= 0.6 is 0 Å². The van der Waals surface area contributed by atoms with Gasteiger partial charge >= 0.3 is 0 Å². The van der Waals surface area contributed by atoms with E-state index in [-0.39, 0.29) is 5.91 Å². The van der Waals surface area contributed by atoms with E-state index < -0.39 is 5.41 Å². The predicted molar refractivity (Wildman–Crippen MR) is 105 cm³/mol. The van der Waals surface area contributed by atoms with Gasteiger partial charge in [0.25, 0.3) is 0 Å². The number of hydrogen-bond acceptors (Lipinski definition) is 7. The minimum absolute atomic E-state index is 0.00865. The summed E-state index contributed by atoms with van der Waals surface area (Å²) in [6.07, 6.45) is 3.25. The van der Waals surface area contributed by atoms with Gasteiger partial charge in [0.15, 0.2) is 5.76 Å². The zero-order chi connectivity index (χ0) is 20.3. The molecule has 2 atom stereocenters. The average molecular weight is 402 g/mol. The smallest absolute Gasteiger partial charge is 0.228 e. The third-order valence-corrected chi connectivity index (χ3v) is 5.98. The first-order chi connectivity index (χ1) is 14.1.